The Morgan fingerprint density at radius 1 is 1.33 bits per heavy atom. The van der Waals surface area contributed by atoms with Crippen LogP contribution in [0.2, 0.25) is 0 Å². The highest BCUT2D eigenvalue weighted by Crippen LogP contribution is 2.33. The van der Waals surface area contributed by atoms with Gasteiger partial charge in [0.15, 0.2) is 0 Å². The fourth-order valence-corrected chi connectivity index (χ4v) is 5.16. The predicted octanol–water partition coefficient (Wildman–Crippen LogP) is 2.71. The van der Waals surface area contributed by atoms with Crippen molar-refractivity contribution in [1.82, 2.24) is 4.31 Å². The van der Waals surface area contributed by atoms with Gasteiger partial charge in [0, 0.05) is 25.3 Å². The zero-order chi connectivity index (χ0) is 15.0. The van der Waals surface area contributed by atoms with E-state index in [4.69, 9.17) is 0 Å². The molecule has 2 heterocycles. The second-order valence-corrected chi connectivity index (χ2v) is 8.37. The van der Waals surface area contributed by atoms with Gasteiger partial charge in [0.1, 0.15) is 0 Å². The molecule has 0 spiro atoms. The third-order valence-corrected chi connectivity index (χ3v) is 6.75. The maximum absolute atomic E-state index is 13.0. The minimum Gasteiger partial charge on any atom is -0.385 e. The Labute approximate surface area is 127 Å². The maximum Gasteiger partial charge on any atom is 0.243 e. The molecule has 2 aliphatic heterocycles. The van der Waals surface area contributed by atoms with Crippen molar-refractivity contribution in [3.8, 4) is 0 Å². The number of rotatable bonds is 3. The minimum atomic E-state index is -3.35. The van der Waals surface area contributed by atoms with Gasteiger partial charge in [0.2, 0.25) is 10.0 Å². The molecule has 116 valence electrons. The van der Waals surface area contributed by atoms with Gasteiger partial charge >= 0.3 is 0 Å². The standard InChI is InChI=1S/C16H24N2O2S/c1-12(2)13-8-10-18(11-13)21(19,20)16-7-3-6-15-14(16)5-4-9-17-15/h3,6-7,12-13,17H,4-5,8-11H2,1-2H3. The van der Waals surface area contributed by atoms with E-state index in [1.807, 2.05) is 12.1 Å². The SMILES string of the molecule is CC(C)C1CCN(S(=O)(=O)c2cccc3c2CCCN3)C1. The third-order valence-electron chi connectivity index (χ3n) is 4.80. The van der Waals surface area contributed by atoms with Crippen LogP contribution in [0.15, 0.2) is 23.1 Å². The first kappa shape index (κ1) is 14.9. The first-order chi connectivity index (χ1) is 10.00. The largest absolute Gasteiger partial charge is 0.385 e. The summed E-state index contributed by atoms with van der Waals surface area (Å²) in [6.45, 7) is 6.60. The molecule has 0 aliphatic carbocycles. The van der Waals surface area contributed by atoms with Crippen molar-refractivity contribution in [1.29, 1.82) is 0 Å². The summed E-state index contributed by atoms with van der Waals surface area (Å²) in [6.07, 6.45) is 2.82. The van der Waals surface area contributed by atoms with Crippen molar-refractivity contribution in [2.75, 3.05) is 25.0 Å². The van der Waals surface area contributed by atoms with Crippen LogP contribution in [0.3, 0.4) is 0 Å². The van der Waals surface area contributed by atoms with Gasteiger partial charge in [-0.1, -0.05) is 19.9 Å². The summed E-state index contributed by atoms with van der Waals surface area (Å²) in [4.78, 5) is 0.511. The quantitative estimate of drug-likeness (QED) is 0.934. The number of anilines is 1. The molecule has 1 fully saturated rings. The highest BCUT2D eigenvalue weighted by Gasteiger charge is 2.35. The molecule has 0 bridgehead atoms. The number of hydrogen-bond acceptors (Lipinski definition) is 3. The van der Waals surface area contributed by atoms with E-state index < -0.39 is 10.0 Å². The van der Waals surface area contributed by atoms with Gasteiger partial charge in [0.25, 0.3) is 0 Å². The van der Waals surface area contributed by atoms with E-state index in [-0.39, 0.29) is 0 Å². The molecule has 2 aliphatic rings. The van der Waals surface area contributed by atoms with Crippen molar-refractivity contribution < 1.29 is 8.42 Å². The zero-order valence-corrected chi connectivity index (χ0v) is 13.6. The molecule has 0 amide bonds. The number of nitrogens with one attached hydrogen (secondary N) is 1. The molecule has 1 unspecified atom stereocenters. The zero-order valence-electron chi connectivity index (χ0n) is 12.8. The van der Waals surface area contributed by atoms with Gasteiger partial charge in [0.05, 0.1) is 4.90 Å². The summed E-state index contributed by atoms with van der Waals surface area (Å²) in [6, 6.07) is 5.60. The summed E-state index contributed by atoms with van der Waals surface area (Å²) < 4.78 is 27.6. The van der Waals surface area contributed by atoms with E-state index >= 15 is 0 Å². The van der Waals surface area contributed by atoms with Crippen LogP contribution in [0.4, 0.5) is 5.69 Å². The molecule has 0 saturated carbocycles. The van der Waals surface area contributed by atoms with Gasteiger partial charge < -0.3 is 5.32 Å². The summed E-state index contributed by atoms with van der Waals surface area (Å²) in [5, 5.41) is 3.31. The van der Waals surface area contributed by atoms with Crippen molar-refractivity contribution in [3.05, 3.63) is 23.8 Å². The van der Waals surface area contributed by atoms with Crippen LogP contribution >= 0.6 is 0 Å². The second-order valence-electron chi connectivity index (χ2n) is 6.47. The number of nitrogens with zero attached hydrogens (tertiary/aromatic N) is 1. The molecule has 1 saturated heterocycles. The van der Waals surface area contributed by atoms with Crippen LogP contribution in [-0.2, 0) is 16.4 Å². The fraction of sp³-hybridized carbons (Fsp3) is 0.625. The van der Waals surface area contributed by atoms with E-state index in [0.717, 1.165) is 37.1 Å². The molecule has 4 nitrogen and oxygen atoms in total. The lowest BCUT2D eigenvalue weighted by atomic mass is 9.96. The van der Waals surface area contributed by atoms with Crippen molar-refractivity contribution in [2.45, 2.75) is 38.0 Å². The Hall–Kier alpha value is -1.07. The second kappa shape index (κ2) is 5.61. The van der Waals surface area contributed by atoms with Gasteiger partial charge in [-0.3, -0.25) is 0 Å². The molecular formula is C16H24N2O2S. The maximum atomic E-state index is 13.0. The van der Waals surface area contributed by atoms with Crippen LogP contribution < -0.4 is 5.32 Å². The van der Waals surface area contributed by atoms with E-state index in [0.29, 0.717) is 29.8 Å². The highest BCUT2D eigenvalue weighted by molar-refractivity contribution is 7.89. The van der Waals surface area contributed by atoms with E-state index in [1.54, 1.807) is 10.4 Å². The minimum absolute atomic E-state index is 0.484. The van der Waals surface area contributed by atoms with E-state index in [1.165, 1.54) is 0 Å². The topological polar surface area (TPSA) is 49.4 Å². The average molecular weight is 308 g/mol. The summed E-state index contributed by atoms with van der Waals surface area (Å²) in [7, 11) is -3.35. The fourth-order valence-electron chi connectivity index (χ4n) is 3.37. The molecule has 21 heavy (non-hydrogen) atoms. The molecular weight excluding hydrogens is 284 g/mol. The monoisotopic (exact) mass is 308 g/mol. The van der Waals surface area contributed by atoms with Gasteiger partial charge in [-0.15, -0.1) is 0 Å². The Morgan fingerprint density at radius 3 is 2.86 bits per heavy atom. The van der Waals surface area contributed by atoms with Crippen LogP contribution in [0.5, 0.6) is 0 Å². The van der Waals surface area contributed by atoms with Gasteiger partial charge in [-0.05, 0) is 48.8 Å². The average Bonchev–Trinajstić information content (AvgIpc) is 2.97. The normalized spacial score (nSPS) is 23.1. The summed E-state index contributed by atoms with van der Waals surface area (Å²) in [5.74, 6) is 1.02. The lowest BCUT2D eigenvalue weighted by molar-refractivity contribution is 0.388. The number of benzene rings is 1. The highest BCUT2D eigenvalue weighted by atomic mass is 32.2. The Morgan fingerprint density at radius 2 is 2.14 bits per heavy atom. The van der Waals surface area contributed by atoms with Gasteiger partial charge in [-0.25, -0.2) is 8.42 Å². The molecule has 1 atom stereocenters. The lowest BCUT2D eigenvalue weighted by Crippen LogP contribution is -2.31. The summed E-state index contributed by atoms with van der Waals surface area (Å²) >= 11 is 0. The van der Waals surface area contributed by atoms with Crippen molar-refractivity contribution in [3.63, 3.8) is 0 Å². The molecule has 0 radical (unpaired) electrons. The van der Waals surface area contributed by atoms with Crippen molar-refractivity contribution in [2.24, 2.45) is 11.8 Å². The number of sulfonamides is 1. The molecule has 5 heteroatoms. The smallest absolute Gasteiger partial charge is 0.243 e. The van der Waals surface area contributed by atoms with Crippen LogP contribution in [0, 0.1) is 11.8 Å². The number of fused-ring (bicyclic) bond motifs is 1. The Bertz CT molecular complexity index is 625. The Balaban J connectivity index is 1.93. The number of hydrogen-bond donors (Lipinski definition) is 1. The van der Waals surface area contributed by atoms with E-state index in [2.05, 4.69) is 19.2 Å². The Kier molecular flexibility index (Phi) is 3.97. The molecule has 0 aromatic heterocycles. The van der Waals surface area contributed by atoms with Crippen LogP contribution in [-0.4, -0.2) is 32.4 Å². The van der Waals surface area contributed by atoms with Crippen LogP contribution in [0.1, 0.15) is 32.3 Å². The molecule has 3 rings (SSSR count). The van der Waals surface area contributed by atoms with Gasteiger partial charge in [-0.2, -0.15) is 4.31 Å². The first-order valence-corrected chi connectivity index (χ1v) is 9.30. The molecule has 1 aromatic carbocycles. The van der Waals surface area contributed by atoms with Crippen LogP contribution in [0.25, 0.3) is 0 Å². The molecule has 1 aromatic rings. The first-order valence-electron chi connectivity index (χ1n) is 7.86. The van der Waals surface area contributed by atoms with E-state index in [9.17, 15) is 8.42 Å². The summed E-state index contributed by atoms with van der Waals surface area (Å²) in [5.41, 5.74) is 1.96. The van der Waals surface area contributed by atoms with Crippen molar-refractivity contribution >= 4 is 15.7 Å². The lowest BCUT2D eigenvalue weighted by Gasteiger charge is -2.24. The predicted molar refractivity (Wildman–Crippen MR) is 85.0 cm³/mol. The third kappa shape index (κ3) is 2.69. The molecule has 1 N–H and O–H groups in total.